The van der Waals surface area contributed by atoms with Gasteiger partial charge in [-0.25, -0.2) is 9.59 Å². The lowest BCUT2D eigenvalue weighted by molar-refractivity contribution is -0.140. The quantitative estimate of drug-likeness (QED) is 0.428. The minimum Gasteiger partial charge on any atom is -0.444 e. The number of piperidine rings is 1. The van der Waals surface area contributed by atoms with Crippen LogP contribution in [0.15, 0.2) is 35.3 Å². The summed E-state index contributed by atoms with van der Waals surface area (Å²) in [6.45, 7) is 8.28. The van der Waals surface area contributed by atoms with Crippen LogP contribution in [0.1, 0.15) is 80.9 Å². The molecule has 1 aromatic heterocycles. The second kappa shape index (κ2) is 10.4. The van der Waals surface area contributed by atoms with Gasteiger partial charge in [0.1, 0.15) is 28.1 Å². The fourth-order valence-corrected chi connectivity index (χ4v) is 6.09. The van der Waals surface area contributed by atoms with Crippen molar-refractivity contribution in [2.75, 3.05) is 6.54 Å². The monoisotopic (exact) mass is 526 g/mol. The summed E-state index contributed by atoms with van der Waals surface area (Å²) in [4.78, 5) is 37.5. The average molecular weight is 527 g/mol. The number of carbonyl (C=O) groups is 2. The summed E-state index contributed by atoms with van der Waals surface area (Å²) in [5.41, 5.74) is 0.490. The number of aromatic nitrogens is 2. The number of hydrogen-bond donors (Lipinski definition) is 1. The lowest BCUT2D eigenvalue weighted by atomic mass is 9.81. The SMILES string of the molecule is CC(=NC1CC(c2nnc([C@@H]3CC[C@@H]4CN3C(=O)N4OCc3ccccc3)s2)C1)NC(=O)OC(C)(C)C. The van der Waals surface area contributed by atoms with E-state index in [0.717, 1.165) is 41.3 Å². The Kier molecular flexibility index (Phi) is 7.17. The molecule has 2 atom stereocenters. The number of carbonyl (C=O) groups excluding carboxylic acids is 2. The number of benzene rings is 1. The zero-order chi connectivity index (χ0) is 26.2. The molecule has 0 unspecified atom stereocenters. The molecule has 1 saturated carbocycles. The molecule has 11 heteroatoms. The van der Waals surface area contributed by atoms with Crippen LogP contribution in [0.4, 0.5) is 9.59 Å². The molecule has 3 amide bonds. The molecule has 1 aliphatic carbocycles. The molecule has 3 heterocycles. The molecule has 0 radical (unpaired) electrons. The Morgan fingerprint density at radius 3 is 2.62 bits per heavy atom. The molecule has 10 nitrogen and oxygen atoms in total. The van der Waals surface area contributed by atoms with E-state index in [1.165, 1.54) is 0 Å². The highest BCUT2D eigenvalue weighted by Gasteiger charge is 2.47. The normalized spacial score (nSPS) is 25.7. The van der Waals surface area contributed by atoms with Gasteiger partial charge in [0.2, 0.25) is 0 Å². The molecule has 5 rings (SSSR count). The minimum atomic E-state index is -0.548. The Hall–Kier alpha value is -3.05. The molecular weight excluding hydrogens is 492 g/mol. The largest absolute Gasteiger partial charge is 0.444 e. The molecule has 198 valence electrons. The van der Waals surface area contributed by atoms with E-state index < -0.39 is 11.7 Å². The van der Waals surface area contributed by atoms with E-state index in [1.54, 1.807) is 23.3 Å². The van der Waals surface area contributed by atoms with Crippen molar-refractivity contribution >= 4 is 29.3 Å². The number of ether oxygens (including phenoxy) is 1. The molecular formula is C26H34N6O4S. The number of amidine groups is 1. The zero-order valence-corrected chi connectivity index (χ0v) is 22.5. The van der Waals surface area contributed by atoms with Crippen molar-refractivity contribution in [1.82, 2.24) is 25.5 Å². The van der Waals surface area contributed by atoms with Crippen LogP contribution in [-0.4, -0.2) is 62.3 Å². The third-order valence-electron chi connectivity index (χ3n) is 6.80. The van der Waals surface area contributed by atoms with Gasteiger partial charge in [0, 0.05) is 12.5 Å². The predicted molar refractivity (Wildman–Crippen MR) is 139 cm³/mol. The summed E-state index contributed by atoms with van der Waals surface area (Å²) in [7, 11) is 0. The summed E-state index contributed by atoms with van der Waals surface area (Å²) in [5.74, 6) is 0.852. The number of alkyl carbamates (subject to hydrolysis) is 1. The maximum atomic E-state index is 13.1. The van der Waals surface area contributed by atoms with Gasteiger partial charge < -0.3 is 9.64 Å². The molecule has 1 aromatic carbocycles. The smallest absolute Gasteiger partial charge is 0.413 e. The molecule has 0 spiro atoms. The molecule has 2 bridgehead atoms. The van der Waals surface area contributed by atoms with Crippen LogP contribution in [0.2, 0.25) is 0 Å². The Balaban J connectivity index is 1.13. The van der Waals surface area contributed by atoms with E-state index in [0.29, 0.717) is 24.9 Å². The van der Waals surface area contributed by atoms with Gasteiger partial charge in [-0.1, -0.05) is 41.7 Å². The second-order valence-electron chi connectivity index (χ2n) is 10.9. The fourth-order valence-electron chi connectivity index (χ4n) is 4.97. The molecule has 2 aliphatic heterocycles. The maximum absolute atomic E-state index is 13.1. The molecule has 2 saturated heterocycles. The van der Waals surface area contributed by atoms with Crippen LogP contribution < -0.4 is 5.32 Å². The first-order valence-corrected chi connectivity index (χ1v) is 13.6. The third-order valence-corrected chi connectivity index (χ3v) is 7.98. The standard InChI is InChI=1S/C26H34N6O4S/c1-16(28-24(33)36-26(2,3)4)27-19-12-18(13-19)22-29-30-23(37-22)21-11-10-20-14-31(21)25(34)32(20)35-15-17-8-6-5-7-9-17/h5-9,18-21H,10-15H2,1-4H3,(H,27,28,33)/t18?,19?,20-,21+/m1/s1. The van der Waals surface area contributed by atoms with Crippen LogP contribution in [0, 0.1) is 0 Å². The lowest BCUT2D eigenvalue weighted by Crippen LogP contribution is -2.36. The average Bonchev–Trinajstić information content (AvgIpc) is 3.38. The van der Waals surface area contributed by atoms with Crippen LogP contribution in [-0.2, 0) is 16.2 Å². The predicted octanol–water partition coefficient (Wildman–Crippen LogP) is 4.80. The van der Waals surface area contributed by atoms with Gasteiger partial charge in [0.15, 0.2) is 0 Å². The second-order valence-corrected chi connectivity index (χ2v) is 11.9. The number of nitrogens with one attached hydrogen (secondary N) is 1. The third kappa shape index (κ3) is 5.93. The van der Waals surface area contributed by atoms with Crippen LogP contribution in [0.25, 0.3) is 0 Å². The van der Waals surface area contributed by atoms with Crippen LogP contribution in [0.3, 0.4) is 0 Å². The topological polar surface area (TPSA) is 109 Å². The van der Waals surface area contributed by atoms with Crippen molar-refractivity contribution in [2.24, 2.45) is 4.99 Å². The number of amides is 3. The van der Waals surface area contributed by atoms with E-state index in [9.17, 15) is 9.59 Å². The van der Waals surface area contributed by atoms with E-state index in [2.05, 4.69) is 20.5 Å². The Morgan fingerprint density at radius 1 is 1.16 bits per heavy atom. The fraction of sp³-hybridized carbons (Fsp3) is 0.577. The summed E-state index contributed by atoms with van der Waals surface area (Å²) in [6.07, 6.45) is 2.95. The van der Waals surface area contributed by atoms with E-state index in [1.807, 2.05) is 56.0 Å². The number of urea groups is 1. The van der Waals surface area contributed by atoms with Crippen LogP contribution in [0.5, 0.6) is 0 Å². The highest BCUT2D eigenvalue weighted by Crippen LogP contribution is 2.44. The van der Waals surface area contributed by atoms with Crippen molar-refractivity contribution in [3.63, 3.8) is 0 Å². The van der Waals surface area contributed by atoms with Gasteiger partial charge in [-0.15, -0.1) is 10.2 Å². The molecule has 37 heavy (non-hydrogen) atoms. The number of fused-ring (bicyclic) bond motifs is 2. The van der Waals surface area contributed by atoms with Gasteiger partial charge in [0.25, 0.3) is 0 Å². The first-order valence-electron chi connectivity index (χ1n) is 12.8. The Morgan fingerprint density at radius 2 is 1.89 bits per heavy atom. The van der Waals surface area contributed by atoms with Gasteiger partial charge in [-0.05, 0) is 58.9 Å². The van der Waals surface area contributed by atoms with Gasteiger partial charge in [0.05, 0.1) is 18.1 Å². The van der Waals surface area contributed by atoms with E-state index >= 15 is 0 Å². The Labute approximate surface area is 221 Å². The summed E-state index contributed by atoms with van der Waals surface area (Å²) in [5, 5.41) is 15.1. The van der Waals surface area contributed by atoms with Crippen LogP contribution >= 0.6 is 11.3 Å². The van der Waals surface area contributed by atoms with Crippen molar-refractivity contribution in [3.8, 4) is 0 Å². The highest BCUT2D eigenvalue weighted by atomic mass is 32.1. The number of aliphatic imine (C=N–C) groups is 1. The molecule has 1 N–H and O–H groups in total. The van der Waals surface area contributed by atoms with Crippen molar-refractivity contribution in [2.45, 2.75) is 89.6 Å². The molecule has 3 fully saturated rings. The number of rotatable bonds is 6. The van der Waals surface area contributed by atoms with Gasteiger partial charge in [-0.3, -0.25) is 15.1 Å². The number of nitrogens with zero attached hydrogens (tertiary/aromatic N) is 5. The number of hydrogen-bond acceptors (Lipinski definition) is 8. The van der Waals surface area contributed by atoms with Gasteiger partial charge >= 0.3 is 12.1 Å². The number of hydroxylamine groups is 2. The summed E-state index contributed by atoms with van der Waals surface area (Å²) in [6, 6.07) is 9.94. The van der Waals surface area contributed by atoms with Crippen molar-refractivity contribution < 1.29 is 19.2 Å². The Bertz CT molecular complexity index is 1160. The summed E-state index contributed by atoms with van der Waals surface area (Å²) < 4.78 is 5.27. The maximum Gasteiger partial charge on any atom is 0.413 e. The summed E-state index contributed by atoms with van der Waals surface area (Å²) >= 11 is 1.60. The van der Waals surface area contributed by atoms with Gasteiger partial charge in [-0.2, -0.15) is 5.06 Å². The first-order chi connectivity index (χ1) is 17.7. The van der Waals surface area contributed by atoms with E-state index in [4.69, 9.17) is 9.57 Å². The highest BCUT2D eigenvalue weighted by molar-refractivity contribution is 7.11. The van der Waals surface area contributed by atoms with Crippen molar-refractivity contribution in [1.29, 1.82) is 0 Å². The van der Waals surface area contributed by atoms with E-state index in [-0.39, 0.29) is 24.2 Å². The molecule has 2 aromatic rings. The minimum absolute atomic E-state index is 0.0607. The lowest BCUT2D eigenvalue weighted by Gasteiger charge is -2.31. The first kappa shape index (κ1) is 25.6. The zero-order valence-electron chi connectivity index (χ0n) is 21.7. The molecule has 3 aliphatic rings. The van der Waals surface area contributed by atoms with Crippen molar-refractivity contribution in [3.05, 3.63) is 45.9 Å².